The summed E-state index contributed by atoms with van der Waals surface area (Å²) in [5.74, 6) is 0. The van der Waals surface area contributed by atoms with E-state index in [1.807, 2.05) is 12.1 Å². The van der Waals surface area contributed by atoms with E-state index in [0.717, 1.165) is 36.7 Å². The first-order valence-electron chi connectivity index (χ1n) is 6.51. The van der Waals surface area contributed by atoms with Crippen molar-refractivity contribution >= 4 is 23.3 Å². The van der Waals surface area contributed by atoms with Gasteiger partial charge in [-0.25, -0.2) is 0 Å². The van der Waals surface area contributed by atoms with Gasteiger partial charge in [0.2, 0.25) is 0 Å². The fourth-order valence-electron chi connectivity index (χ4n) is 2.87. The fraction of sp³-hybridized carbons (Fsp3) is 0.429. The topological polar surface area (TPSA) is 64.7 Å². The van der Waals surface area contributed by atoms with Crippen molar-refractivity contribution in [2.45, 2.75) is 37.8 Å². The van der Waals surface area contributed by atoms with E-state index < -0.39 is 0 Å². The van der Waals surface area contributed by atoms with E-state index in [0.29, 0.717) is 16.4 Å². The predicted octanol–water partition coefficient (Wildman–Crippen LogP) is 3.05. The molecular weight excluding hydrogens is 258 g/mol. The van der Waals surface area contributed by atoms with E-state index in [1.165, 1.54) is 0 Å². The molecule has 0 radical (unpaired) electrons. The second kappa shape index (κ2) is 4.80. The number of fused-ring (bicyclic) bond motifs is 1. The van der Waals surface area contributed by atoms with Crippen LogP contribution in [0.4, 0.5) is 0 Å². The van der Waals surface area contributed by atoms with Gasteiger partial charge in [-0.05, 0) is 56.1 Å². The third-order valence-electron chi connectivity index (χ3n) is 3.88. The summed E-state index contributed by atoms with van der Waals surface area (Å²) in [6.45, 7) is 0. The first kappa shape index (κ1) is 12.4. The number of aliphatic hydroxyl groups is 1. The molecule has 0 bridgehead atoms. The second-order valence-electron chi connectivity index (χ2n) is 5.11. The Hall–Kier alpha value is -1.64. The van der Waals surface area contributed by atoms with Crippen LogP contribution in [-0.4, -0.2) is 20.8 Å². The highest BCUT2D eigenvalue weighted by Gasteiger charge is 2.22. The lowest BCUT2D eigenvalue weighted by Crippen LogP contribution is -2.21. The Kier molecular flexibility index (Phi) is 3.13. The van der Waals surface area contributed by atoms with Crippen LogP contribution in [0.15, 0.2) is 18.2 Å². The summed E-state index contributed by atoms with van der Waals surface area (Å²) in [5, 5.41) is 18.6. The molecule has 1 aromatic heterocycles. The van der Waals surface area contributed by atoms with Gasteiger partial charge in [0.05, 0.1) is 28.8 Å². The number of hydrogen-bond donors (Lipinski definition) is 2. The van der Waals surface area contributed by atoms with E-state index >= 15 is 0 Å². The maximum absolute atomic E-state index is 9.60. The second-order valence-corrected chi connectivity index (χ2v) is 5.49. The highest BCUT2D eigenvalue weighted by atomic mass is 32.1. The Labute approximate surface area is 116 Å². The van der Waals surface area contributed by atoms with Crippen LogP contribution in [0.25, 0.3) is 11.0 Å². The van der Waals surface area contributed by atoms with Crippen LogP contribution < -0.4 is 0 Å². The third kappa shape index (κ3) is 2.18. The number of nitrogens with zero attached hydrogens (tertiary/aromatic N) is 2. The molecule has 19 heavy (non-hydrogen) atoms. The van der Waals surface area contributed by atoms with Crippen molar-refractivity contribution in [3.63, 3.8) is 0 Å². The minimum atomic E-state index is -0.176. The molecule has 98 valence electrons. The molecule has 1 heterocycles. The lowest BCUT2D eigenvalue weighted by Gasteiger charge is -2.27. The molecule has 0 aliphatic heterocycles. The number of hydrogen-bond acceptors (Lipinski definition) is 3. The number of imidazole rings is 1. The Morgan fingerprint density at radius 1 is 1.32 bits per heavy atom. The minimum absolute atomic E-state index is 0.176. The van der Waals surface area contributed by atoms with Crippen LogP contribution in [0.3, 0.4) is 0 Å². The summed E-state index contributed by atoms with van der Waals surface area (Å²) in [4.78, 5) is 3.19. The SMILES string of the molecule is N#Cc1ccc2[nH]c(=S)n(C3CCC(O)CC3)c2c1. The van der Waals surface area contributed by atoms with Crippen molar-refractivity contribution in [1.29, 1.82) is 5.26 Å². The first-order valence-corrected chi connectivity index (χ1v) is 6.92. The number of aromatic nitrogens is 2. The molecule has 1 aliphatic carbocycles. The third-order valence-corrected chi connectivity index (χ3v) is 4.18. The molecule has 1 aromatic carbocycles. The van der Waals surface area contributed by atoms with Crippen LogP contribution in [0.2, 0.25) is 0 Å². The molecule has 1 fully saturated rings. The van der Waals surface area contributed by atoms with Crippen molar-refractivity contribution in [3.05, 3.63) is 28.5 Å². The van der Waals surface area contributed by atoms with Gasteiger partial charge < -0.3 is 14.7 Å². The number of H-pyrrole nitrogens is 1. The van der Waals surface area contributed by atoms with E-state index in [-0.39, 0.29) is 6.10 Å². The number of nitriles is 1. The highest BCUT2D eigenvalue weighted by molar-refractivity contribution is 7.71. The van der Waals surface area contributed by atoms with Crippen LogP contribution >= 0.6 is 12.2 Å². The maximum atomic E-state index is 9.60. The maximum Gasteiger partial charge on any atom is 0.178 e. The molecule has 2 aromatic rings. The molecule has 0 spiro atoms. The van der Waals surface area contributed by atoms with Crippen LogP contribution in [0, 0.1) is 16.1 Å². The Balaban J connectivity index is 2.09. The van der Waals surface area contributed by atoms with Gasteiger partial charge in [-0.15, -0.1) is 0 Å². The zero-order chi connectivity index (χ0) is 13.4. The molecule has 1 saturated carbocycles. The van der Waals surface area contributed by atoms with Gasteiger partial charge in [-0.2, -0.15) is 5.26 Å². The number of benzene rings is 1. The number of nitrogens with one attached hydrogen (secondary N) is 1. The monoisotopic (exact) mass is 273 g/mol. The minimum Gasteiger partial charge on any atom is -0.393 e. The van der Waals surface area contributed by atoms with Crippen molar-refractivity contribution in [3.8, 4) is 6.07 Å². The van der Waals surface area contributed by atoms with Gasteiger partial charge in [0.1, 0.15) is 0 Å². The smallest absolute Gasteiger partial charge is 0.178 e. The summed E-state index contributed by atoms with van der Waals surface area (Å²) < 4.78 is 2.81. The van der Waals surface area contributed by atoms with E-state index in [4.69, 9.17) is 17.5 Å². The van der Waals surface area contributed by atoms with E-state index in [1.54, 1.807) is 6.07 Å². The van der Waals surface area contributed by atoms with Crippen molar-refractivity contribution in [1.82, 2.24) is 9.55 Å². The van der Waals surface area contributed by atoms with Crippen molar-refractivity contribution < 1.29 is 5.11 Å². The molecule has 0 saturated heterocycles. The fourth-order valence-corrected chi connectivity index (χ4v) is 3.23. The number of aliphatic hydroxyl groups excluding tert-OH is 1. The summed E-state index contributed by atoms with van der Waals surface area (Å²) in [5.41, 5.74) is 2.60. The molecule has 5 heteroatoms. The molecule has 1 aliphatic rings. The van der Waals surface area contributed by atoms with Crippen molar-refractivity contribution in [2.75, 3.05) is 0 Å². The number of rotatable bonds is 1. The van der Waals surface area contributed by atoms with Gasteiger partial charge in [0, 0.05) is 6.04 Å². The quantitative estimate of drug-likeness (QED) is 0.785. The van der Waals surface area contributed by atoms with Gasteiger partial charge in [0.15, 0.2) is 4.77 Å². The Bertz CT molecular complexity index is 702. The van der Waals surface area contributed by atoms with Crippen LogP contribution in [0.5, 0.6) is 0 Å². The molecule has 0 amide bonds. The van der Waals surface area contributed by atoms with Gasteiger partial charge in [0.25, 0.3) is 0 Å². The highest BCUT2D eigenvalue weighted by Crippen LogP contribution is 2.31. The summed E-state index contributed by atoms with van der Waals surface area (Å²) in [6.07, 6.45) is 3.32. The average molecular weight is 273 g/mol. The van der Waals surface area contributed by atoms with Crippen LogP contribution in [-0.2, 0) is 0 Å². The normalized spacial score (nSPS) is 23.4. The van der Waals surface area contributed by atoms with Gasteiger partial charge in [-0.3, -0.25) is 0 Å². The van der Waals surface area contributed by atoms with Gasteiger partial charge in [-0.1, -0.05) is 0 Å². The first-order chi connectivity index (χ1) is 9.19. The summed E-state index contributed by atoms with van der Waals surface area (Å²) >= 11 is 5.40. The molecular formula is C14H15N3OS. The van der Waals surface area contributed by atoms with Crippen molar-refractivity contribution in [2.24, 2.45) is 0 Å². The summed E-state index contributed by atoms with van der Waals surface area (Å²) in [6, 6.07) is 8.06. The predicted molar refractivity (Wildman–Crippen MR) is 75.3 cm³/mol. The largest absolute Gasteiger partial charge is 0.393 e. The molecule has 2 N–H and O–H groups in total. The zero-order valence-corrected chi connectivity index (χ0v) is 11.3. The molecule has 0 atom stereocenters. The average Bonchev–Trinajstić information content (AvgIpc) is 2.75. The summed E-state index contributed by atoms with van der Waals surface area (Å²) in [7, 11) is 0. The molecule has 3 rings (SSSR count). The van der Waals surface area contributed by atoms with Crippen LogP contribution in [0.1, 0.15) is 37.3 Å². The van der Waals surface area contributed by atoms with E-state index in [2.05, 4.69) is 15.6 Å². The Morgan fingerprint density at radius 2 is 2.05 bits per heavy atom. The zero-order valence-electron chi connectivity index (χ0n) is 10.5. The molecule has 0 unspecified atom stereocenters. The Morgan fingerprint density at radius 3 is 2.74 bits per heavy atom. The lowest BCUT2D eigenvalue weighted by molar-refractivity contribution is 0.111. The standard InChI is InChI=1S/C14H15N3OS/c15-8-9-1-6-12-13(7-9)17(14(19)16-12)10-2-4-11(18)5-3-10/h1,6-7,10-11,18H,2-5H2,(H,16,19). The van der Waals surface area contributed by atoms with E-state index in [9.17, 15) is 5.11 Å². The number of aromatic amines is 1. The van der Waals surface area contributed by atoms with Gasteiger partial charge >= 0.3 is 0 Å². The molecule has 4 nitrogen and oxygen atoms in total. The lowest BCUT2D eigenvalue weighted by atomic mass is 9.93.